The molecule has 0 radical (unpaired) electrons. The Bertz CT molecular complexity index is 502. The molecule has 3 unspecified atom stereocenters. The smallest absolute Gasteiger partial charge is 0.0805 e. The van der Waals surface area contributed by atoms with E-state index < -0.39 is 6.10 Å². The zero-order valence-corrected chi connectivity index (χ0v) is 15.6. The number of likely N-dealkylation sites (tertiary alicyclic amines) is 2. The maximum Gasteiger partial charge on any atom is 0.0805 e. The molecule has 4 nitrogen and oxygen atoms in total. The molecule has 2 heterocycles. The molecule has 0 bridgehead atoms. The molecule has 0 spiro atoms. The van der Waals surface area contributed by atoms with Crippen molar-refractivity contribution in [3.05, 3.63) is 35.9 Å². The predicted octanol–water partition coefficient (Wildman–Crippen LogP) is 2.67. The fraction of sp³-hybridized carbons (Fsp3) is 0.714. The van der Waals surface area contributed by atoms with Crippen molar-refractivity contribution in [1.82, 2.24) is 9.80 Å². The van der Waals surface area contributed by atoms with Crippen LogP contribution in [0.1, 0.15) is 50.7 Å². The third-order valence-corrected chi connectivity index (χ3v) is 5.97. The highest BCUT2D eigenvalue weighted by Crippen LogP contribution is 2.27. The van der Waals surface area contributed by atoms with Gasteiger partial charge in [-0.2, -0.15) is 0 Å². The van der Waals surface area contributed by atoms with Crippen molar-refractivity contribution in [3.63, 3.8) is 0 Å². The van der Waals surface area contributed by atoms with Crippen LogP contribution in [0.4, 0.5) is 0 Å². The fourth-order valence-electron chi connectivity index (χ4n) is 4.34. The molecular formula is C21H34N2O2. The lowest BCUT2D eigenvalue weighted by Crippen LogP contribution is -2.44. The SMILES string of the molecule is CC1CCN(CC(O)CN2CCCC2CC(O)c2ccccc2)CC1. The molecule has 25 heavy (non-hydrogen) atoms. The maximum atomic E-state index is 10.6. The fourth-order valence-corrected chi connectivity index (χ4v) is 4.34. The van der Waals surface area contributed by atoms with E-state index in [1.165, 1.54) is 19.3 Å². The Morgan fingerprint density at radius 3 is 2.44 bits per heavy atom. The number of hydrogen-bond acceptors (Lipinski definition) is 4. The van der Waals surface area contributed by atoms with E-state index in [2.05, 4.69) is 16.7 Å². The van der Waals surface area contributed by atoms with Crippen LogP contribution in [0.5, 0.6) is 0 Å². The van der Waals surface area contributed by atoms with Gasteiger partial charge in [-0.05, 0) is 63.2 Å². The van der Waals surface area contributed by atoms with Gasteiger partial charge < -0.3 is 15.1 Å². The molecule has 2 aliphatic heterocycles. The third kappa shape index (κ3) is 5.52. The number of piperidine rings is 1. The van der Waals surface area contributed by atoms with Gasteiger partial charge in [0.2, 0.25) is 0 Å². The maximum absolute atomic E-state index is 10.6. The first-order valence-electron chi connectivity index (χ1n) is 9.99. The molecule has 4 heteroatoms. The van der Waals surface area contributed by atoms with Crippen LogP contribution < -0.4 is 0 Å². The number of aliphatic hydroxyl groups is 2. The van der Waals surface area contributed by atoms with Crippen LogP contribution in [-0.2, 0) is 0 Å². The highest BCUT2D eigenvalue weighted by atomic mass is 16.3. The van der Waals surface area contributed by atoms with E-state index in [1.54, 1.807) is 0 Å². The topological polar surface area (TPSA) is 46.9 Å². The standard InChI is InChI=1S/C21H34N2O2/c1-17-9-12-22(13-10-17)15-20(24)16-23-11-5-8-19(23)14-21(25)18-6-3-2-4-7-18/h2-4,6-7,17,19-21,24-25H,5,8-16H2,1H3. The molecule has 1 aromatic rings. The van der Waals surface area contributed by atoms with Crippen LogP contribution in [-0.4, -0.2) is 64.9 Å². The average Bonchev–Trinajstić information content (AvgIpc) is 3.04. The number of benzene rings is 1. The van der Waals surface area contributed by atoms with Crippen molar-refractivity contribution < 1.29 is 10.2 Å². The van der Waals surface area contributed by atoms with Gasteiger partial charge in [0.05, 0.1) is 12.2 Å². The second kappa shape index (κ2) is 9.13. The molecule has 0 aliphatic carbocycles. The van der Waals surface area contributed by atoms with Gasteiger partial charge in [0, 0.05) is 19.1 Å². The molecule has 2 aliphatic rings. The van der Waals surface area contributed by atoms with Crippen molar-refractivity contribution >= 4 is 0 Å². The Labute approximate surface area is 152 Å². The Morgan fingerprint density at radius 1 is 1.00 bits per heavy atom. The van der Waals surface area contributed by atoms with Crippen molar-refractivity contribution in [2.45, 2.75) is 57.3 Å². The summed E-state index contributed by atoms with van der Waals surface area (Å²) >= 11 is 0. The van der Waals surface area contributed by atoms with Gasteiger partial charge in [-0.25, -0.2) is 0 Å². The number of nitrogens with zero attached hydrogens (tertiary/aromatic N) is 2. The summed E-state index contributed by atoms with van der Waals surface area (Å²) in [5, 5.41) is 21.1. The van der Waals surface area contributed by atoms with E-state index in [4.69, 9.17) is 0 Å². The van der Waals surface area contributed by atoms with Crippen molar-refractivity contribution in [3.8, 4) is 0 Å². The zero-order chi connectivity index (χ0) is 17.6. The average molecular weight is 347 g/mol. The lowest BCUT2D eigenvalue weighted by atomic mass is 9.99. The van der Waals surface area contributed by atoms with E-state index >= 15 is 0 Å². The molecule has 1 aromatic carbocycles. The Morgan fingerprint density at radius 2 is 1.72 bits per heavy atom. The summed E-state index contributed by atoms with van der Waals surface area (Å²) < 4.78 is 0. The minimum absolute atomic E-state index is 0.289. The van der Waals surface area contributed by atoms with E-state index in [9.17, 15) is 10.2 Å². The normalized spacial score (nSPS) is 26.0. The summed E-state index contributed by atoms with van der Waals surface area (Å²) in [6, 6.07) is 10.3. The first-order valence-corrected chi connectivity index (χ1v) is 9.99. The van der Waals surface area contributed by atoms with Crippen molar-refractivity contribution in [2.75, 3.05) is 32.7 Å². The molecule has 0 aromatic heterocycles. The summed E-state index contributed by atoms with van der Waals surface area (Å²) in [4.78, 5) is 4.80. The number of rotatable bonds is 7. The summed E-state index contributed by atoms with van der Waals surface area (Å²) in [6.07, 6.45) is 4.86. The van der Waals surface area contributed by atoms with Gasteiger partial charge in [0.25, 0.3) is 0 Å². The molecule has 2 N–H and O–H groups in total. The van der Waals surface area contributed by atoms with Crippen LogP contribution in [0.2, 0.25) is 0 Å². The monoisotopic (exact) mass is 346 g/mol. The Hall–Kier alpha value is -0.940. The first-order chi connectivity index (χ1) is 12.1. The van der Waals surface area contributed by atoms with E-state index in [0.717, 1.165) is 57.0 Å². The van der Waals surface area contributed by atoms with Gasteiger partial charge >= 0.3 is 0 Å². The van der Waals surface area contributed by atoms with Crippen molar-refractivity contribution in [2.24, 2.45) is 5.92 Å². The minimum Gasteiger partial charge on any atom is -0.390 e. The Balaban J connectivity index is 1.46. The van der Waals surface area contributed by atoms with Crippen molar-refractivity contribution in [1.29, 1.82) is 0 Å². The van der Waals surface area contributed by atoms with Gasteiger partial charge in [-0.15, -0.1) is 0 Å². The van der Waals surface area contributed by atoms with Crippen LogP contribution in [0.3, 0.4) is 0 Å². The first kappa shape index (κ1) is 18.8. The highest BCUT2D eigenvalue weighted by molar-refractivity contribution is 5.17. The van der Waals surface area contributed by atoms with Crippen LogP contribution in [0.25, 0.3) is 0 Å². The van der Waals surface area contributed by atoms with E-state index in [1.807, 2.05) is 30.3 Å². The molecule has 0 amide bonds. The molecule has 3 rings (SSSR count). The Kier molecular flexibility index (Phi) is 6.88. The molecule has 140 valence electrons. The van der Waals surface area contributed by atoms with Gasteiger partial charge in [-0.1, -0.05) is 37.3 Å². The lowest BCUT2D eigenvalue weighted by molar-refractivity contribution is 0.0475. The molecule has 0 saturated carbocycles. The van der Waals surface area contributed by atoms with Gasteiger partial charge in [0.1, 0.15) is 0 Å². The summed E-state index contributed by atoms with van der Waals surface area (Å²) in [6.45, 7) is 7.12. The van der Waals surface area contributed by atoms with Gasteiger partial charge in [0.15, 0.2) is 0 Å². The summed E-state index contributed by atoms with van der Waals surface area (Å²) in [5.41, 5.74) is 0.998. The third-order valence-electron chi connectivity index (χ3n) is 5.97. The van der Waals surface area contributed by atoms with Gasteiger partial charge in [-0.3, -0.25) is 4.90 Å². The molecule has 2 saturated heterocycles. The quantitative estimate of drug-likeness (QED) is 0.797. The van der Waals surface area contributed by atoms with E-state index in [-0.39, 0.29) is 6.10 Å². The molecule has 3 atom stereocenters. The number of aliphatic hydroxyl groups excluding tert-OH is 2. The van der Waals surface area contributed by atoms with E-state index in [0.29, 0.717) is 6.04 Å². The minimum atomic E-state index is -0.410. The predicted molar refractivity (Wildman–Crippen MR) is 101 cm³/mol. The largest absolute Gasteiger partial charge is 0.390 e. The molecular weight excluding hydrogens is 312 g/mol. The van der Waals surface area contributed by atoms with Crippen LogP contribution in [0.15, 0.2) is 30.3 Å². The van der Waals surface area contributed by atoms with Crippen LogP contribution in [0, 0.1) is 5.92 Å². The molecule has 2 fully saturated rings. The zero-order valence-electron chi connectivity index (χ0n) is 15.6. The van der Waals surface area contributed by atoms with Crippen LogP contribution >= 0.6 is 0 Å². The lowest BCUT2D eigenvalue weighted by Gasteiger charge is -2.34. The summed E-state index contributed by atoms with van der Waals surface area (Å²) in [7, 11) is 0. The second-order valence-corrected chi connectivity index (χ2v) is 8.09. The summed E-state index contributed by atoms with van der Waals surface area (Å²) in [5.74, 6) is 0.829. The number of β-amino-alcohol motifs (C(OH)–C–C–N with tert-alkyl or cyclic N) is 1. The highest BCUT2D eigenvalue weighted by Gasteiger charge is 2.29. The second-order valence-electron chi connectivity index (χ2n) is 8.09. The number of hydrogen-bond donors (Lipinski definition) is 2.